The van der Waals surface area contributed by atoms with Crippen LogP contribution in [0.5, 0.6) is 0 Å². The van der Waals surface area contributed by atoms with Crippen molar-refractivity contribution in [3.05, 3.63) is 65.5 Å². The van der Waals surface area contributed by atoms with Gasteiger partial charge in [-0.3, -0.25) is 4.98 Å². The minimum Gasteiger partial charge on any atom is -0.354 e. The summed E-state index contributed by atoms with van der Waals surface area (Å²) in [6.45, 7) is 1.84. The van der Waals surface area contributed by atoms with Gasteiger partial charge in [0.25, 0.3) is 0 Å². The number of rotatable bonds is 1. The van der Waals surface area contributed by atoms with Gasteiger partial charge in [0.2, 0.25) is 0 Å². The van der Waals surface area contributed by atoms with Crippen LogP contribution in [-0.4, -0.2) is 23.0 Å². The summed E-state index contributed by atoms with van der Waals surface area (Å²) in [6.07, 6.45) is 5.09. The van der Waals surface area contributed by atoms with Crippen LogP contribution in [0.4, 0.5) is 0 Å². The molecule has 0 bridgehead atoms. The first-order valence-electron chi connectivity index (χ1n) is 7.04. The van der Waals surface area contributed by atoms with E-state index in [1.165, 1.54) is 16.8 Å². The highest BCUT2D eigenvalue weighted by Gasteiger charge is 2.32. The van der Waals surface area contributed by atoms with Gasteiger partial charge in [-0.25, -0.2) is 0 Å². The molecule has 3 heterocycles. The standard InChI is InChI=1S/C17H16N2O/c1-2-6-13(7-3-1)16-12-15-14(8-4-9-18-15)17-19(16)10-5-11-20-17/h1-4,6-9,12,17H,5,10-11H2. The van der Waals surface area contributed by atoms with Gasteiger partial charge in [0.1, 0.15) is 0 Å². The Kier molecular flexibility index (Phi) is 2.78. The highest BCUT2D eigenvalue weighted by molar-refractivity contribution is 5.82. The Labute approximate surface area is 118 Å². The minimum atomic E-state index is 0.00709. The molecule has 2 aliphatic heterocycles. The maximum atomic E-state index is 6.01. The zero-order valence-electron chi connectivity index (χ0n) is 11.2. The van der Waals surface area contributed by atoms with E-state index in [-0.39, 0.29) is 6.23 Å². The quantitative estimate of drug-likeness (QED) is 0.790. The summed E-state index contributed by atoms with van der Waals surface area (Å²) < 4.78 is 6.01. The first-order valence-corrected chi connectivity index (χ1v) is 7.04. The molecule has 2 aromatic rings. The highest BCUT2D eigenvalue weighted by atomic mass is 16.5. The third-order valence-corrected chi connectivity index (χ3v) is 3.89. The smallest absolute Gasteiger partial charge is 0.158 e. The van der Waals surface area contributed by atoms with Gasteiger partial charge >= 0.3 is 0 Å². The number of pyridine rings is 1. The second-order valence-electron chi connectivity index (χ2n) is 5.14. The van der Waals surface area contributed by atoms with Crippen molar-refractivity contribution in [2.24, 2.45) is 0 Å². The maximum absolute atomic E-state index is 6.01. The first-order chi connectivity index (χ1) is 9.93. The van der Waals surface area contributed by atoms with Crippen molar-refractivity contribution in [2.45, 2.75) is 12.6 Å². The minimum absolute atomic E-state index is 0.00709. The van der Waals surface area contributed by atoms with Crippen molar-refractivity contribution in [1.29, 1.82) is 0 Å². The van der Waals surface area contributed by atoms with Crippen LogP contribution in [-0.2, 0) is 4.74 Å². The van der Waals surface area contributed by atoms with Crippen molar-refractivity contribution >= 4 is 11.8 Å². The molecule has 1 fully saturated rings. The fourth-order valence-corrected chi connectivity index (χ4v) is 2.97. The Balaban J connectivity index is 1.87. The van der Waals surface area contributed by atoms with E-state index in [1.54, 1.807) is 0 Å². The molecule has 20 heavy (non-hydrogen) atoms. The molecule has 100 valence electrons. The third kappa shape index (κ3) is 1.82. The Morgan fingerprint density at radius 3 is 2.90 bits per heavy atom. The van der Waals surface area contributed by atoms with Crippen molar-refractivity contribution in [1.82, 2.24) is 9.88 Å². The van der Waals surface area contributed by atoms with Gasteiger partial charge in [-0.2, -0.15) is 0 Å². The summed E-state index contributed by atoms with van der Waals surface area (Å²) >= 11 is 0. The topological polar surface area (TPSA) is 25.4 Å². The Hall–Kier alpha value is -2.13. The monoisotopic (exact) mass is 264 g/mol. The predicted molar refractivity (Wildman–Crippen MR) is 78.6 cm³/mol. The van der Waals surface area contributed by atoms with E-state index in [0.29, 0.717) is 0 Å². The van der Waals surface area contributed by atoms with Crippen LogP contribution >= 0.6 is 0 Å². The third-order valence-electron chi connectivity index (χ3n) is 3.89. The Morgan fingerprint density at radius 2 is 2.00 bits per heavy atom. The molecule has 1 unspecified atom stereocenters. The Morgan fingerprint density at radius 1 is 1.10 bits per heavy atom. The molecule has 0 radical (unpaired) electrons. The molecule has 0 saturated carbocycles. The lowest BCUT2D eigenvalue weighted by Gasteiger charge is -2.41. The van der Waals surface area contributed by atoms with Crippen molar-refractivity contribution in [3.63, 3.8) is 0 Å². The summed E-state index contributed by atoms with van der Waals surface area (Å²) in [6, 6.07) is 14.6. The largest absolute Gasteiger partial charge is 0.354 e. The van der Waals surface area contributed by atoms with E-state index in [2.05, 4.69) is 46.3 Å². The van der Waals surface area contributed by atoms with Crippen LogP contribution in [0.25, 0.3) is 11.8 Å². The average Bonchev–Trinajstić information content (AvgIpc) is 2.55. The van der Waals surface area contributed by atoms with Crippen molar-refractivity contribution in [3.8, 4) is 0 Å². The molecule has 4 rings (SSSR count). The van der Waals surface area contributed by atoms with Gasteiger partial charge in [0.15, 0.2) is 6.23 Å². The summed E-state index contributed by atoms with van der Waals surface area (Å²) in [5.74, 6) is 0. The number of aromatic nitrogens is 1. The molecule has 0 N–H and O–H groups in total. The highest BCUT2D eigenvalue weighted by Crippen LogP contribution is 2.39. The molecule has 0 spiro atoms. The van der Waals surface area contributed by atoms with Gasteiger partial charge in [-0.05, 0) is 24.1 Å². The lowest BCUT2D eigenvalue weighted by molar-refractivity contribution is -0.0703. The van der Waals surface area contributed by atoms with Crippen LogP contribution in [0.2, 0.25) is 0 Å². The number of hydrogen-bond acceptors (Lipinski definition) is 3. The first kappa shape index (κ1) is 11.7. The van der Waals surface area contributed by atoms with E-state index in [1.807, 2.05) is 18.3 Å². The summed E-state index contributed by atoms with van der Waals surface area (Å²) in [5.41, 5.74) is 4.63. The lowest BCUT2D eigenvalue weighted by Crippen LogP contribution is -2.37. The molecule has 1 aromatic heterocycles. The van der Waals surface area contributed by atoms with E-state index < -0.39 is 0 Å². The fourth-order valence-electron chi connectivity index (χ4n) is 2.97. The van der Waals surface area contributed by atoms with Crippen LogP contribution in [0, 0.1) is 0 Å². The van der Waals surface area contributed by atoms with E-state index in [4.69, 9.17) is 4.74 Å². The number of hydrogen-bond donors (Lipinski definition) is 0. The van der Waals surface area contributed by atoms with Gasteiger partial charge in [0, 0.05) is 24.0 Å². The van der Waals surface area contributed by atoms with Crippen LogP contribution in [0.3, 0.4) is 0 Å². The lowest BCUT2D eigenvalue weighted by atomic mass is 9.99. The predicted octanol–water partition coefficient (Wildman–Crippen LogP) is 3.31. The molecule has 2 aliphatic rings. The van der Waals surface area contributed by atoms with Gasteiger partial charge < -0.3 is 9.64 Å². The van der Waals surface area contributed by atoms with Gasteiger partial charge in [0.05, 0.1) is 12.3 Å². The normalized spacial score (nSPS) is 20.9. The molecule has 0 aliphatic carbocycles. The fraction of sp³-hybridized carbons (Fsp3) is 0.235. The van der Waals surface area contributed by atoms with Crippen molar-refractivity contribution in [2.75, 3.05) is 13.2 Å². The van der Waals surface area contributed by atoms with Crippen LogP contribution in [0.1, 0.15) is 29.5 Å². The number of fused-ring (bicyclic) bond motifs is 3. The van der Waals surface area contributed by atoms with E-state index in [0.717, 1.165) is 25.3 Å². The summed E-state index contributed by atoms with van der Waals surface area (Å²) in [5, 5.41) is 0. The zero-order valence-corrected chi connectivity index (χ0v) is 11.2. The Bertz CT molecular complexity index is 651. The molecule has 3 nitrogen and oxygen atoms in total. The van der Waals surface area contributed by atoms with Gasteiger partial charge in [-0.1, -0.05) is 36.4 Å². The van der Waals surface area contributed by atoms with Crippen molar-refractivity contribution < 1.29 is 4.74 Å². The molecule has 1 saturated heterocycles. The molecule has 3 heteroatoms. The molecule has 1 atom stereocenters. The second kappa shape index (κ2) is 4.76. The maximum Gasteiger partial charge on any atom is 0.158 e. The second-order valence-corrected chi connectivity index (χ2v) is 5.14. The van der Waals surface area contributed by atoms with Crippen LogP contribution in [0.15, 0.2) is 48.7 Å². The number of ether oxygens (including phenoxy) is 1. The van der Waals surface area contributed by atoms with Gasteiger partial charge in [-0.15, -0.1) is 0 Å². The number of nitrogens with zero attached hydrogens (tertiary/aromatic N) is 2. The number of benzene rings is 1. The van der Waals surface area contributed by atoms with Crippen LogP contribution < -0.4 is 0 Å². The molecule has 0 amide bonds. The summed E-state index contributed by atoms with van der Waals surface area (Å²) in [7, 11) is 0. The SMILES string of the molecule is C1=C(c2ccccc2)N2CCCOC2c2cccnc21. The zero-order chi connectivity index (χ0) is 13.4. The molecular formula is C17H16N2O. The molecular weight excluding hydrogens is 248 g/mol. The van der Waals surface area contributed by atoms with E-state index >= 15 is 0 Å². The molecule has 1 aromatic carbocycles. The summed E-state index contributed by atoms with van der Waals surface area (Å²) in [4.78, 5) is 6.85. The van der Waals surface area contributed by atoms with E-state index in [9.17, 15) is 0 Å². The average molecular weight is 264 g/mol.